The van der Waals surface area contributed by atoms with Crippen molar-refractivity contribution in [2.45, 2.75) is 78.4 Å². The number of carboxylic acids is 1. The summed E-state index contributed by atoms with van der Waals surface area (Å²) < 4.78 is 6.38. The molecular formula is C28H39NO3. The maximum atomic E-state index is 11.2. The average molecular weight is 438 g/mol. The number of aliphatic carboxylic acids is 1. The minimum absolute atomic E-state index is 0.172. The van der Waals surface area contributed by atoms with Crippen molar-refractivity contribution in [3.8, 4) is 5.75 Å². The van der Waals surface area contributed by atoms with Crippen LogP contribution in [0, 0.1) is 17.3 Å². The van der Waals surface area contributed by atoms with Crippen LogP contribution >= 0.6 is 0 Å². The third-order valence-electron chi connectivity index (χ3n) is 8.21. The molecule has 174 valence electrons. The maximum absolute atomic E-state index is 11.2. The molecule has 1 aliphatic carbocycles. The number of carboxylic acid groups (broad SMARTS) is 1. The van der Waals surface area contributed by atoms with E-state index >= 15 is 0 Å². The van der Waals surface area contributed by atoms with Gasteiger partial charge in [-0.25, -0.2) is 0 Å². The number of hydrogen-bond acceptors (Lipinski definition) is 3. The lowest BCUT2D eigenvalue weighted by Crippen LogP contribution is -2.35. The van der Waals surface area contributed by atoms with Gasteiger partial charge in [0.15, 0.2) is 0 Å². The van der Waals surface area contributed by atoms with Gasteiger partial charge in [-0.2, -0.15) is 0 Å². The van der Waals surface area contributed by atoms with Crippen LogP contribution in [-0.2, 0) is 11.3 Å². The van der Waals surface area contributed by atoms with Crippen LogP contribution in [0.2, 0.25) is 0 Å². The second kappa shape index (κ2) is 9.82. The van der Waals surface area contributed by atoms with Crippen LogP contribution in [0.25, 0.3) is 10.8 Å². The largest absolute Gasteiger partial charge is 0.490 e. The van der Waals surface area contributed by atoms with E-state index in [9.17, 15) is 9.90 Å². The highest BCUT2D eigenvalue weighted by Gasteiger charge is 2.32. The van der Waals surface area contributed by atoms with Gasteiger partial charge in [-0.1, -0.05) is 45.4 Å². The quantitative estimate of drug-likeness (QED) is 0.536. The zero-order valence-electron chi connectivity index (χ0n) is 20.0. The molecule has 0 radical (unpaired) electrons. The van der Waals surface area contributed by atoms with Crippen LogP contribution in [0.15, 0.2) is 36.4 Å². The number of likely N-dealkylation sites (tertiary alicyclic amines) is 1. The van der Waals surface area contributed by atoms with Crippen molar-refractivity contribution in [1.82, 2.24) is 4.90 Å². The molecule has 0 spiro atoms. The summed E-state index contributed by atoms with van der Waals surface area (Å²) in [6.45, 7) is 9.74. The van der Waals surface area contributed by atoms with Crippen molar-refractivity contribution < 1.29 is 14.6 Å². The highest BCUT2D eigenvalue weighted by atomic mass is 16.5. The molecule has 1 saturated heterocycles. The van der Waals surface area contributed by atoms with Crippen LogP contribution in [-0.4, -0.2) is 35.2 Å². The molecule has 0 atom stereocenters. The van der Waals surface area contributed by atoms with Gasteiger partial charge in [0.1, 0.15) is 5.75 Å². The average Bonchev–Trinajstić information content (AvgIpc) is 2.80. The normalized spacial score (nSPS) is 23.3. The topological polar surface area (TPSA) is 49.8 Å². The van der Waals surface area contributed by atoms with Crippen LogP contribution in [0.1, 0.15) is 71.3 Å². The monoisotopic (exact) mass is 437 g/mol. The van der Waals surface area contributed by atoms with Gasteiger partial charge in [0.2, 0.25) is 0 Å². The van der Waals surface area contributed by atoms with Gasteiger partial charge in [0.25, 0.3) is 0 Å². The lowest BCUT2D eigenvalue weighted by Gasteiger charge is -2.38. The predicted octanol–water partition coefficient (Wildman–Crippen LogP) is 6.51. The molecule has 4 nitrogen and oxygen atoms in total. The molecule has 1 saturated carbocycles. The summed E-state index contributed by atoms with van der Waals surface area (Å²) in [7, 11) is 0. The summed E-state index contributed by atoms with van der Waals surface area (Å²) in [5, 5.41) is 11.6. The zero-order chi connectivity index (χ0) is 22.7. The standard InChI is InChI=1S/C28H39NO3/c1-4-28(2,3)24-8-11-25(12-9-24)32-26-10-7-22-17-20(5-6-23(22)18-26)19-29-15-13-21(14-16-29)27(30)31/h5-7,10,17-18,21,24-25H,4,8-9,11-16,19H2,1-3H3,(H,30,31). The molecule has 0 bridgehead atoms. The number of fused-ring (bicyclic) bond motifs is 1. The van der Waals surface area contributed by atoms with Crippen LogP contribution < -0.4 is 4.74 Å². The Morgan fingerprint density at radius 2 is 1.66 bits per heavy atom. The number of nitrogens with zero attached hydrogens (tertiary/aromatic N) is 1. The highest BCUT2D eigenvalue weighted by molar-refractivity contribution is 5.84. The van der Waals surface area contributed by atoms with E-state index in [1.54, 1.807) is 0 Å². The molecule has 2 aliphatic rings. The van der Waals surface area contributed by atoms with Gasteiger partial charge in [0.05, 0.1) is 12.0 Å². The highest BCUT2D eigenvalue weighted by Crippen LogP contribution is 2.41. The van der Waals surface area contributed by atoms with E-state index in [-0.39, 0.29) is 5.92 Å². The van der Waals surface area contributed by atoms with Crippen LogP contribution in [0.5, 0.6) is 5.75 Å². The Morgan fingerprint density at radius 3 is 2.31 bits per heavy atom. The first-order chi connectivity index (χ1) is 15.3. The van der Waals surface area contributed by atoms with Gasteiger partial charge in [-0.3, -0.25) is 9.69 Å². The summed E-state index contributed by atoms with van der Waals surface area (Å²) in [5.74, 6) is 0.983. The third-order valence-corrected chi connectivity index (χ3v) is 8.21. The van der Waals surface area contributed by atoms with Crippen molar-refractivity contribution in [2.24, 2.45) is 17.3 Å². The Balaban J connectivity index is 1.33. The van der Waals surface area contributed by atoms with Gasteiger partial charge in [-0.15, -0.1) is 0 Å². The summed E-state index contributed by atoms with van der Waals surface area (Å²) in [5.41, 5.74) is 1.73. The Hall–Kier alpha value is -2.07. The fourth-order valence-corrected chi connectivity index (χ4v) is 5.48. The smallest absolute Gasteiger partial charge is 0.306 e. The number of carbonyl (C=O) groups is 1. The van der Waals surface area contributed by atoms with Gasteiger partial charge in [0, 0.05) is 6.54 Å². The van der Waals surface area contributed by atoms with E-state index in [0.29, 0.717) is 11.5 Å². The Morgan fingerprint density at radius 1 is 1.00 bits per heavy atom. The molecule has 4 heteroatoms. The van der Waals surface area contributed by atoms with Crippen LogP contribution in [0.3, 0.4) is 0 Å². The molecule has 2 aromatic carbocycles. The van der Waals surface area contributed by atoms with E-state index in [0.717, 1.165) is 57.0 Å². The minimum Gasteiger partial charge on any atom is -0.490 e. The fraction of sp³-hybridized carbons (Fsp3) is 0.607. The number of rotatable bonds is 7. The first kappa shape index (κ1) is 23.1. The molecule has 4 rings (SSSR count). The number of hydrogen-bond donors (Lipinski definition) is 1. The molecule has 1 aliphatic heterocycles. The molecule has 0 unspecified atom stereocenters. The van der Waals surface area contributed by atoms with Crippen molar-refractivity contribution in [2.75, 3.05) is 13.1 Å². The van der Waals surface area contributed by atoms with E-state index < -0.39 is 5.97 Å². The van der Waals surface area contributed by atoms with Gasteiger partial charge in [-0.05, 0) is 97.5 Å². The number of ether oxygens (including phenoxy) is 1. The van der Waals surface area contributed by atoms with E-state index in [2.05, 4.69) is 62.1 Å². The molecule has 0 aromatic heterocycles. The molecule has 0 amide bonds. The van der Waals surface area contributed by atoms with Crippen molar-refractivity contribution in [3.05, 3.63) is 42.0 Å². The maximum Gasteiger partial charge on any atom is 0.306 e. The molecule has 1 heterocycles. The number of benzene rings is 2. The first-order valence-electron chi connectivity index (χ1n) is 12.5. The number of piperidine rings is 1. The molecule has 32 heavy (non-hydrogen) atoms. The summed E-state index contributed by atoms with van der Waals surface area (Å²) >= 11 is 0. The Bertz CT molecular complexity index is 921. The van der Waals surface area contributed by atoms with E-state index in [1.165, 1.54) is 35.6 Å². The van der Waals surface area contributed by atoms with Crippen LogP contribution in [0.4, 0.5) is 0 Å². The second-order valence-corrected chi connectivity index (χ2v) is 10.7. The molecule has 1 N–H and O–H groups in total. The van der Waals surface area contributed by atoms with Crippen molar-refractivity contribution in [1.29, 1.82) is 0 Å². The molecule has 2 aromatic rings. The predicted molar refractivity (Wildman–Crippen MR) is 130 cm³/mol. The zero-order valence-corrected chi connectivity index (χ0v) is 20.0. The van der Waals surface area contributed by atoms with Gasteiger partial charge < -0.3 is 9.84 Å². The van der Waals surface area contributed by atoms with E-state index in [4.69, 9.17) is 4.74 Å². The minimum atomic E-state index is -0.647. The third kappa shape index (κ3) is 5.46. The summed E-state index contributed by atoms with van der Waals surface area (Å²) in [4.78, 5) is 13.5. The lowest BCUT2D eigenvalue weighted by atomic mass is 9.69. The second-order valence-electron chi connectivity index (χ2n) is 10.7. The Kier molecular flexibility index (Phi) is 7.09. The fourth-order valence-electron chi connectivity index (χ4n) is 5.48. The van der Waals surface area contributed by atoms with E-state index in [1.807, 2.05) is 0 Å². The van der Waals surface area contributed by atoms with Crippen molar-refractivity contribution in [3.63, 3.8) is 0 Å². The summed E-state index contributed by atoms with van der Waals surface area (Å²) in [6, 6.07) is 13.1. The molecule has 2 fully saturated rings. The van der Waals surface area contributed by atoms with Gasteiger partial charge >= 0.3 is 5.97 Å². The SMILES string of the molecule is CCC(C)(C)C1CCC(Oc2ccc3cc(CN4CCC(C(=O)O)CC4)ccc3c2)CC1. The molecular weight excluding hydrogens is 398 g/mol. The summed E-state index contributed by atoms with van der Waals surface area (Å²) in [6.07, 6.45) is 7.94. The first-order valence-corrected chi connectivity index (χ1v) is 12.5. The lowest BCUT2D eigenvalue weighted by molar-refractivity contribution is -0.143. The Labute approximate surface area is 192 Å². The van der Waals surface area contributed by atoms with Crippen molar-refractivity contribution >= 4 is 16.7 Å².